The van der Waals surface area contributed by atoms with Gasteiger partial charge in [-0.3, -0.25) is 14.2 Å². The van der Waals surface area contributed by atoms with E-state index in [1.807, 2.05) is 36.0 Å². The second-order valence-corrected chi connectivity index (χ2v) is 6.22. The number of hydrogen-bond acceptors (Lipinski definition) is 4. The third-order valence-corrected chi connectivity index (χ3v) is 4.21. The molecule has 6 nitrogen and oxygen atoms in total. The summed E-state index contributed by atoms with van der Waals surface area (Å²) in [5.74, 6) is -0.0505. The normalized spacial score (nSPS) is 11.9. The van der Waals surface area contributed by atoms with Crippen molar-refractivity contribution in [3.63, 3.8) is 0 Å². The fourth-order valence-corrected chi connectivity index (χ4v) is 2.73. The minimum absolute atomic E-state index is 0.0505. The zero-order valence-corrected chi connectivity index (χ0v) is 14.6. The fraction of sp³-hybridized carbons (Fsp3) is 0.222. The quantitative estimate of drug-likeness (QED) is 0.655. The molecule has 3 rings (SSSR count). The first-order valence-electron chi connectivity index (χ1n) is 7.77. The highest BCUT2D eigenvalue weighted by atomic mass is 35.5. The van der Waals surface area contributed by atoms with Crippen molar-refractivity contribution in [1.82, 2.24) is 19.6 Å². The van der Waals surface area contributed by atoms with Crippen molar-refractivity contribution in [3.05, 3.63) is 59.0 Å². The molecule has 3 aromatic rings. The maximum atomic E-state index is 11.3. The molecule has 25 heavy (non-hydrogen) atoms. The first-order chi connectivity index (χ1) is 12.0. The summed E-state index contributed by atoms with van der Waals surface area (Å²) >= 11 is 6.09. The number of benzene rings is 1. The van der Waals surface area contributed by atoms with E-state index in [-0.39, 0.29) is 11.8 Å². The highest BCUT2D eigenvalue weighted by Crippen LogP contribution is 2.24. The fourth-order valence-electron chi connectivity index (χ4n) is 2.51. The molecule has 0 saturated heterocycles. The van der Waals surface area contributed by atoms with Gasteiger partial charge >= 0.3 is 0 Å². The minimum atomic E-state index is -0.0505. The van der Waals surface area contributed by atoms with E-state index in [1.165, 1.54) is 6.92 Å². The zero-order valence-electron chi connectivity index (χ0n) is 13.8. The summed E-state index contributed by atoms with van der Waals surface area (Å²) in [7, 11) is 0. The molecule has 0 unspecified atom stereocenters. The van der Waals surface area contributed by atoms with Crippen LogP contribution in [0.1, 0.15) is 35.9 Å². The van der Waals surface area contributed by atoms with Crippen LogP contribution in [0.2, 0.25) is 5.02 Å². The Balaban J connectivity index is 1.77. The van der Waals surface area contributed by atoms with Gasteiger partial charge in [0.25, 0.3) is 0 Å². The van der Waals surface area contributed by atoms with Crippen LogP contribution in [0.3, 0.4) is 0 Å². The van der Waals surface area contributed by atoms with Crippen LogP contribution < -0.4 is 0 Å². The summed E-state index contributed by atoms with van der Waals surface area (Å²) in [6, 6.07) is 11.0. The number of hydrogen-bond donors (Lipinski definition) is 0. The number of carbonyl (C=O) groups is 1. The van der Waals surface area contributed by atoms with Crippen molar-refractivity contribution < 1.29 is 4.79 Å². The molecular formula is C18H16ClN5O. The number of Topliss-reactive ketones (excluding diaryl/α,β-unsaturated/α-hetero) is 1. The number of nitrogens with zero attached hydrogens (tertiary/aromatic N) is 5. The largest absolute Gasteiger partial charge is 0.293 e. The van der Waals surface area contributed by atoms with E-state index in [1.54, 1.807) is 29.1 Å². The molecule has 0 amide bonds. The number of rotatable bonds is 5. The van der Waals surface area contributed by atoms with Gasteiger partial charge in [-0.1, -0.05) is 17.7 Å². The molecule has 0 spiro atoms. The lowest BCUT2D eigenvalue weighted by Crippen LogP contribution is -2.14. The SMILES string of the molecule is CC(=O)c1ccn(C[C@@H](C)n2ccc(-c3ccc(C#N)c(Cl)c3)n2)n1. The Labute approximate surface area is 150 Å². The van der Waals surface area contributed by atoms with Gasteiger partial charge in [-0.25, -0.2) is 0 Å². The molecule has 126 valence electrons. The lowest BCUT2D eigenvalue weighted by atomic mass is 10.1. The molecule has 2 heterocycles. The number of nitriles is 1. The van der Waals surface area contributed by atoms with Crippen LogP contribution in [-0.4, -0.2) is 25.3 Å². The molecule has 0 aliphatic rings. The van der Waals surface area contributed by atoms with Gasteiger partial charge in [0.2, 0.25) is 0 Å². The first-order valence-corrected chi connectivity index (χ1v) is 8.15. The second-order valence-electron chi connectivity index (χ2n) is 5.82. The topological polar surface area (TPSA) is 76.5 Å². The Morgan fingerprint density at radius 3 is 2.72 bits per heavy atom. The predicted octanol–water partition coefficient (Wildman–Crippen LogP) is 3.74. The van der Waals surface area contributed by atoms with Crippen molar-refractivity contribution >= 4 is 17.4 Å². The lowest BCUT2D eigenvalue weighted by Gasteiger charge is -2.12. The van der Waals surface area contributed by atoms with Crippen molar-refractivity contribution in [3.8, 4) is 17.3 Å². The molecule has 0 N–H and O–H groups in total. The van der Waals surface area contributed by atoms with E-state index >= 15 is 0 Å². The summed E-state index contributed by atoms with van der Waals surface area (Å²) in [5.41, 5.74) is 2.54. The van der Waals surface area contributed by atoms with E-state index in [2.05, 4.69) is 10.2 Å². The van der Waals surface area contributed by atoms with Gasteiger partial charge in [0.15, 0.2) is 5.78 Å². The van der Waals surface area contributed by atoms with E-state index in [4.69, 9.17) is 16.9 Å². The molecule has 0 saturated carbocycles. The smallest absolute Gasteiger partial charge is 0.179 e. The third kappa shape index (κ3) is 3.62. The number of aromatic nitrogens is 4. The lowest BCUT2D eigenvalue weighted by molar-refractivity contribution is 0.101. The van der Waals surface area contributed by atoms with Gasteiger partial charge in [0.1, 0.15) is 11.8 Å². The Bertz CT molecular complexity index is 966. The van der Waals surface area contributed by atoms with Crippen molar-refractivity contribution in [1.29, 1.82) is 5.26 Å². The van der Waals surface area contributed by atoms with Crippen LogP contribution in [0.15, 0.2) is 42.7 Å². The van der Waals surface area contributed by atoms with Crippen molar-refractivity contribution in [2.75, 3.05) is 0 Å². The standard InChI is InChI=1S/C18H16ClN5O/c1-12(11-23-7-5-17(21-23)13(2)25)24-8-6-18(22-24)14-3-4-15(10-20)16(19)9-14/h3-9,12H,11H2,1-2H3/t12-/m1/s1. The number of ketones is 1. The Morgan fingerprint density at radius 1 is 1.28 bits per heavy atom. The van der Waals surface area contributed by atoms with Gasteiger partial charge in [0.05, 0.1) is 28.9 Å². The van der Waals surface area contributed by atoms with Crippen LogP contribution in [0, 0.1) is 11.3 Å². The third-order valence-electron chi connectivity index (χ3n) is 3.90. The van der Waals surface area contributed by atoms with Crippen LogP contribution >= 0.6 is 11.6 Å². The highest BCUT2D eigenvalue weighted by molar-refractivity contribution is 6.32. The van der Waals surface area contributed by atoms with E-state index < -0.39 is 0 Å². The van der Waals surface area contributed by atoms with Crippen LogP contribution in [-0.2, 0) is 6.54 Å². The molecule has 1 aromatic carbocycles. The summed E-state index contributed by atoms with van der Waals surface area (Å²) in [5, 5.41) is 18.2. The van der Waals surface area contributed by atoms with E-state index in [9.17, 15) is 4.79 Å². The molecule has 0 bridgehead atoms. The molecule has 0 radical (unpaired) electrons. The second kappa shape index (κ2) is 6.91. The maximum Gasteiger partial charge on any atom is 0.179 e. The molecular weight excluding hydrogens is 338 g/mol. The van der Waals surface area contributed by atoms with Crippen molar-refractivity contribution in [2.45, 2.75) is 26.4 Å². The van der Waals surface area contributed by atoms with Crippen LogP contribution in [0.5, 0.6) is 0 Å². The van der Waals surface area contributed by atoms with Crippen LogP contribution in [0.25, 0.3) is 11.3 Å². The summed E-state index contributed by atoms with van der Waals surface area (Å²) < 4.78 is 3.58. The minimum Gasteiger partial charge on any atom is -0.293 e. The highest BCUT2D eigenvalue weighted by Gasteiger charge is 2.12. The maximum absolute atomic E-state index is 11.3. The zero-order chi connectivity index (χ0) is 18.0. The average molecular weight is 354 g/mol. The summed E-state index contributed by atoms with van der Waals surface area (Å²) in [6.45, 7) is 4.12. The van der Waals surface area contributed by atoms with Gasteiger partial charge in [-0.2, -0.15) is 15.5 Å². The van der Waals surface area contributed by atoms with Crippen LogP contribution in [0.4, 0.5) is 0 Å². The number of carbonyl (C=O) groups excluding carboxylic acids is 1. The van der Waals surface area contributed by atoms with Gasteiger partial charge < -0.3 is 0 Å². The molecule has 2 aromatic heterocycles. The molecule has 0 aliphatic carbocycles. The summed E-state index contributed by atoms with van der Waals surface area (Å²) in [4.78, 5) is 11.3. The Kier molecular flexibility index (Phi) is 4.68. The molecule has 7 heteroatoms. The van der Waals surface area contributed by atoms with E-state index in [0.29, 0.717) is 22.8 Å². The van der Waals surface area contributed by atoms with Gasteiger partial charge in [-0.05, 0) is 31.2 Å². The number of halogens is 1. The van der Waals surface area contributed by atoms with Crippen molar-refractivity contribution in [2.24, 2.45) is 0 Å². The van der Waals surface area contributed by atoms with Gasteiger partial charge in [0, 0.05) is 24.9 Å². The van der Waals surface area contributed by atoms with Gasteiger partial charge in [-0.15, -0.1) is 0 Å². The molecule has 0 aliphatic heterocycles. The Morgan fingerprint density at radius 2 is 2.08 bits per heavy atom. The summed E-state index contributed by atoms with van der Waals surface area (Å²) in [6.07, 6.45) is 3.68. The molecule has 1 atom stereocenters. The van der Waals surface area contributed by atoms with E-state index in [0.717, 1.165) is 11.3 Å². The molecule has 0 fully saturated rings. The average Bonchev–Trinajstić information content (AvgIpc) is 3.24. The Hall–Kier alpha value is -2.91. The monoisotopic (exact) mass is 353 g/mol. The predicted molar refractivity (Wildman–Crippen MR) is 94.3 cm³/mol. The first kappa shape index (κ1) is 16.9.